The maximum atomic E-state index is 9.76. The molecule has 4 nitrogen and oxygen atoms in total. The van der Waals surface area contributed by atoms with E-state index in [4.69, 9.17) is 4.74 Å². The lowest BCUT2D eigenvalue weighted by atomic mass is 10.1. The van der Waals surface area contributed by atoms with Gasteiger partial charge in [-0.15, -0.1) is 0 Å². The Morgan fingerprint density at radius 3 is 2.84 bits per heavy atom. The minimum Gasteiger partial charge on any atom is -0.493 e. The van der Waals surface area contributed by atoms with Crippen molar-refractivity contribution in [2.45, 2.75) is 26.4 Å². The average Bonchev–Trinajstić information content (AvgIpc) is 2.77. The van der Waals surface area contributed by atoms with Gasteiger partial charge < -0.3 is 9.84 Å². The van der Waals surface area contributed by atoms with Crippen LogP contribution in [-0.2, 0) is 13.5 Å². The van der Waals surface area contributed by atoms with E-state index < -0.39 is 6.10 Å². The van der Waals surface area contributed by atoms with Gasteiger partial charge in [-0.2, -0.15) is 5.10 Å². The lowest BCUT2D eigenvalue weighted by Gasteiger charge is -2.14. The van der Waals surface area contributed by atoms with Crippen molar-refractivity contribution >= 4 is 0 Å². The van der Waals surface area contributed by atoms with Crippen molar-refractivity contribution in [3.05, 3.63) is 47.3 Å². The number of aryl methyl sites for hydroxylation is 2. The molecule has 0 amide bonds. The van der Waals surface area contributed by atoms with Crippen molar-refractivity contribution in [2.24, 2.45) is 7.05 Å². The van der Waals surface area contributed by atoms with Gasteiger partial charge in [0.15, 0.2) is 0 Å². The van der Waals surface area contributed by atoms with Crippen LogP contribution in [0.15, 0.2) is 30.6 Å². The summed E-state index contributed by atoms with van der Waals surface area (Å²) in [5.41, 5.74) is 3.11. The van der Waals surface area contributed by atoms with Gasteiger partial charge in [0.2, 0.25) is 0 Å². The Morgan fingerprint density at radius 2 is 2.21 bits per heavy atom. The van der Waals surface area contributed by atoms with E-state index in [-0.39, 0.29) is 0 Å². The average molecular weight is 260 g/mol. The number of nitrogens with zero attached hydrogens (tertiary/aromatic N) is 2. The van der Waals surface area contributed by atoms with Crippen molar-refractivity contribution in [3.8, 4) is 5.75 Å². The summed E-state index contributed by atoms with van der Waals surface area (Å²) < 4.78 is 7.55. The number of aliphatic hydroxyl groups excluding tert-OH is 1. The van der Waals surface area contributed by atoms with Crippen LogP contribution >= 0.6 is 0 Å². The highest BCUT2D eigenvalue weighted by Crippen LogP contribution is 2.26. The molecule has 1 heterocycles. The zero-order valence-electron chi connectivity index (χ0n) is 11.6. The summed E-state index contributed by atoms with van der Waals surface area (Å²) in [5.74, 6) is 0.754. The van der Waals surface area contributed by atoms with Crippen LogP contribution in [-0.4, -0.2) is 21.5 Å². The van der Waals surface area contributed by atoms with E-state index in [1.807, 2.05) is 44.6 Å². The van der Waals surface area contributed by atoms with E-state index in [2.05, 4.69) is 5.10 Å². The van der Waals surface area contributed by atoms with Crippen LogP contribution in [0.4, 0.5) is 0 Å². The van der Waals surface area contributed by atoms with E-state index in [9.17, 15) is 5.11 Å². The van der Waals surface area contributed by atoms with Gasteiger partial charge in [0.05, 0.1) is 18.9 Å². The fourth-order valence-electron chi connectivity index (χ4n) is 2.01. The number of ether oxygens (including phenoxy) is 1. The summed E-state index contributed by atoms with van der Waals surface area (Å²) >= 11 is 0. The van der Waals surface area contributed by atoms with Gasteiger partial charge in [-0.1, -0.05) is 11.6 Å². The second-order valence-electron chi connectivity index (χ2n) is 4.84. The highest BCUT2D eigenvalue weighted by atomic mass is 16.5. The van der Waals surface area contributed by atoms with E-state index in [0.29, 0.717) is 6.61 Å². The number of aliphatic hydroxyl groups is 1. The third kappa shape index (κ3) is 3.58. The van der Waals surface area contributed by atoms with E-state index in [1.54, 1.807) is 11.6 Å². The molecule has 0 bridgehead atoms. The van der Waals surface area contributed by atoms with Gasteiger partial charge in [0.25, 0.3) is 0 Å². The van der Waals surface area contributed by atoms with Crippen molar-refractivity contribution in [1.29, 1.82) is 0 Å². The van der Waals surface area contributed by atoms with Crippen molar-refractivity contribution in [1.82, 2.24) is 9.78 Å². The maximum Gasteiger partial charge on any atom is 0.125 e. The minimum atomic E-state index is -0.520. The molecule has 4 heteroatoms. The largest absolute Gasteiger partial charge is 0.493 e. The molecule has 102 valence electrons. The molecule has 1 N–H and O–H groups in total. The molecular formula is C15H20N2O2. The van der Waals surface area contributed by atoms with Gasteiger partial charge in [-0.3, -0.25) is 4.68 Å². The lowest BCUT2D eigenvalue weighted by molar-refractivity contribution is 0.191. The summed E-state index contributed by atoms with van der Waals surface area (Å²) in [6.07, 6.45) is 4.11. The molecule has 1 aromatic carbocycles. The SMILES string of the molecule is Cc1ccc(OCCc2cnn(C)c2)c(C(C)O)c1. The Morgan fingerprint density at radius 1 is 1.42 bits per heavy atom. The molecule has 0 saturated carbocycles. The summed E-state index contributed by atoms with van der Waals surface area (Å²) in [5, 5.41) is 13.9. The van der Waals surface area contributed by atoms with Crippen LogP contribution in [0.5, 0.6) is 5.75 Å². The monoisotopic (exact) mass is 260 g/mol. The summed E-state index contributed by atoms with van der Waals surface area (Å²) in [6, 6.07) is 5.87. The number of rotatable bonds is 5. The van der Waals surface area contributed by atoms with Gasteiger partial charge in [0, 0.05) is 25.2 Å². The molecular weight excluding hydrogens is 240 g/mol. The van der Waals surface area contributed by atoms with Crippen molar-refractivity contribution < 1.29 is 9.84 Å². The first kappa shape index (κ1) is 13.6. The highest BCUT2D eigenvalue weighted by Gasteiger charge is 2.09. The molecule has 0 fully saturated rings. The molecule has 0 spiro atoms. The smallest absolute Gasteiger partial charge is 0.125 e. The van der Waals surface area contributed by atoms with Crippen LogP contribution in [0, 0.1) is 6.92 Å². The Kier molecular flexibility index (Phi) is 4.22. The summed E-state index contributed by atoms with van der Waals surface area (Å²) in [7, 11) is 1.90. The molecule has 0 aliphatic carbocycles. The second kappa shape index (κ2) is 5.89. The molecule has 0 radical (unpaired) electrons. The Hall–Kier alpha value is -1.81. The molecule has 0 saturated heterocycles. The lowest BCUT2D eigenvalue weighted by Crippen LogP contribution is -2.04. The Balaban J connectivity index is 1.99. The van der Waals surface area contributed by atoms with Crippen molar-refractivity contribution in [3.63, 3.8) is 0 Å². The quantitative estimate of drug-likeness (QED) is 0.898. The van der Waals surface area contributed by atoms with Gasteiger partial charge in [0.1, 0.15) is 5.75 Å². The number of aromatic nitrogens is 2. The van der Waals surface area contributed by atoms with Gasteiger partial charge >= 0.3 is 0 Å². The number of benzene rings is 1. The first-order chi connectivity index (χ1) is 9.06. The van der Waals surface area contributed by atoms with E-state index in [1.165, 1.54) is 0 Å². The van der Waals surface area contributed by atoms with Gasteiger partial charge in [-0.25, -0.2) is 0 Å². The Labute approximate surface area is 113 Å². The number of hydrogen-bond donors (Lipinski definition) is 1. The normalized spacial score (nSPS) is 12.4. The zero-order valence-corrected chi connectivity index (χ0v) is 11.6. The van der Waals surface area contributed by atoms with Crippen LogP contribution in [0.1, 0.15) is 29.7 Å². The third-order valence-corrected chi connectivity index (χ3v) is 3.02. The first-order valence-corrected chi connectivity index (χ1v) is 6.45. The molecule has 1 aromatic heterocycles. The van der Waals surface area contributed by atoms with E-state index in [0.717, 1.165) is 28.9 Å². The summed E-state index contributed by atoms with van der Waals surface area (Å²) in [4.78, 5) is 0. The molecule has 0 aliphatic heterocycles. The fourth-order valence-corrected chi connectivity index (χ4v) is 2.01. The third-order valence-electron chi connectivity index (χ3n) is 3.02. The predicted molar refractivity (Wildman–Crippen MR) is 74.2 cm³/mol. The minimum absolute atomic E-state index is 0.520. The molecule has 2 rings (SSSR count). The molecule has 1 atom stereocenters. The second-order valence-corrected chi connectivity index (χ2v) is 4.84. The number of hydrogen-bond acceptors (Lipinski definition) is 3. The molecule has 19 heavy (non-hydrogen) atoms. The van der Waals surface area contributed by atoms with Crippen LogP contribution in [0.2, 0.25) is 0 Å². The van der Waals surface area contributed by atoms with E-state index >= 15 is 0 Å². The molecule has 1 unspecified atom stereocenters. The van der Waals surface area contributed by atoms with Crippen LogP contribution < -0.4 is 4.74 Å². The summed E-state index contributed by atoms with van der Waals surface area (Å²) in [6.45, 7) is 4.34. The maximum absolute atomic E-state index is 9.76. The standard InChI is InChI=1S/C15H20N2O2/c1-11-4-5-15(14(8-11)12(2)18)19-7-6-13-9-16-17(3)10-13/h4-5,8-10,12,18H,6-7H2,1-3H3. The predicted octanol–water partition coefficient (Wildman–Crippen LogP) is 2.40. The zero-order chi connectivity index (χ0) is 13.8. The van der Waals surface area contributed by atoms with Crippen LogP contribution in [0.3, 0.4) is 0 Å². The Bertz CT molecular complexity index is 547. The van der Waals surface area contributed by atoms with Crippen molar-refractivity contribution in [2.75, 3.05) is 6.61 Å². The molecule has 2 aromatic rings. The first-order valence-electron chi connectivity index (χ1n) is 6.45. The topological polar surface area (TPSA) is 47.3 Å². The highest BCUT2D eigenvalue weighted by molar-refractivity contribution is 5.38. The molecule has 0 aliphatic rings. The van der Waals surface area contributed by atoms with Crippen LogP contribution in [0.25, 0.3) is 0 Å². The fraction of sp³-hybridized carbons (Fsp3) is 0.400. The van der Waals surface area contributed by atoms with Gasteiger partial charge in [-0.05, 0) is 31.5 Å².